The van der Waals surface area contributed by atoms with Crippen LogP contribution in [-0.4, -0.2) is 25.9 Å². The number of hydrogen-bond acceptors (Lipinski definition) is 5. The van der Waals surface area contributed by atoms with Gasteiger partial charge in [-0.25, -0.2) is 0 Å². The Morgan fingerprint density at radius 2 is 1.62 bits per heavy atom. The summed E-state index contributed by atoms with van der Waals surface area (Å²) >= 11 is 0. The zero-order chi connectivity index (χ0) is 17.7. The van der Waals surface area contributed by atoms with E-state index < -0.39 is 17.2 Å². The van der Waals surface area contributed by atoms with Crippen molar-refractivity contribution in [3.63, 3.8) is 0 Å². The second-order valence-electron chi connectivity index (χ2n) is 5.38. The molecule has 0 bridgehead atoms. The maximum atomic E-state index is 13.0. The smallest absolute Gasteiger partial charge is 0.220 e. The minimum absolute atomic E-state index is 0.323. The number of methoxy groups -OCH3 is 2. The van der Waals surface area contributed by atoms with Crippen molar-refractivity contribution in [1.29, 1.82) is 0 Å². The number of hydrogen-bond donors (Lipinski definition) is 2. The van der Waals surface area contributed by atoms with Gasteiger partial charge in [-0.05, 0) is 17.7 Å². The van der Waals surface area contributed by atoms with Gasteiger partial charge >= 0.3 is 0 Å². The molecule has 1 atom stereocenters. The molecule has 0 spiro atoms. The lowest BCUT2D eigenvalue weighted by atomic mass is 9.80. The molecular formula is C18H20N2O4. The number of benzene rings is 2. The van der Waals surface area contributed by atoms with Gasteiger partial charge in [-0.2, -0.15) is 0 Å². The van der Waals surface area contributed by atoms with Crippen molar-refractivity contribution in [3.8, 4) is 11.5 Å². The lowest BCUT2D eigenvalue weighted by Gasteiger charge is -2.28. The summed E-state index contributed by atoms with van der Waals surface area (Å²) in [7, 11) is 2.98. The second kappa shape index (κ2) is 7.14. The minimum atomic E-state index is -1.59. The zero-order valence-electron chi connectivity index (χ0n) is 13.6. The summed E-state index contributed by atoms with van der Waals surface area (Å²) in [6.07, 6.45) is -0.323. The van der Waals surface area contributed by atoms with E-state index in [2.05, 4.69) is 0 Å². The Morgan fingerprint density at radius 3 is 2.17 bits per heavy atom. The molecule has 1 unspecified atom stereocenters. The number of amides is 1. The first-order chi connectivity index (χ1) is 11.4. The van der Waals surface area contributed by atoms with Gasteiger partial charge < -0.3 is 20.9 Å². The third kappa shape index (κ3) is 3.38. The molecule has 0 aliphatic rings. The minimum Gasteiger partial charge on any atom is -0.493 e. The van der Waals surface area contributed by atoms with Crippen LogP contribution in [0, 0.1) is 0 Å². The van der Waals surface area contributed by atoms with Crippen molar-refractivity contribution in [1.82, 2.24) is 0 Å². The van der Waals surface area contributed by atoms with E-state index in [4.69, 9.17) is 20.9 Å². The molecule has 2 aromatic rings. The first kappa shape index (κ1) is 17.5. The third-order valence-electron chi connectivity index (χ3n) is 3.79. The van der Waals surface area contributed by atoms with E-state index in [0.29, 0.717) is 22.6 Å². The quantitative estimate of drug-likeness (QED) is 0.751. The van der Waals surface area contributed by atoms with Gasteiger partial charge in [0, 0.05) is 5.56 Å². The molecule has 0 heterocycles. The highest BCUT2D eigenvalue weighted by Crippen LogP contribution is 2.34. The van der Waals surface area contributed by atoms with E-state index in [9.17, 15) is 9.59 Å². The first-order valence-corrected chi connectivity index (χ1v) is 7.32. The fourth-order valence-corrected chi connectivity index (χ4v) is 2.55. The number of ketones is 1. The number of carbonyl (C=O) groups is 2. The Hall–Kier alpha value is -2.86. The number of rotatable bonds is 7. The third-order valence-corrected chi connectivity index (χ3v) is 3.79. The number of Topliss-reactive ketones (excluding diaryl/α,β-unsaturated/α-hetero) is 1. The fourth-order valence-electron chi connectivity index (χ4n) is 2.55. The van der Waals surface area contributed by atoms with Gasteiger partial charge in [0.1, 0.15) is 5.54 Å². The van der Waals surface area contributed by atoms with Crippen molar-refractivity contribution in [3.05, 3.63) is 59.7 Å². The van der Waals surface area contributed by atoms with Crippen LogP contribution in [0.3, 0.4) is 0 Å². The molecule has 0 radical (unpaired) electrons. The van der Waals surface area contributed by atoms with E-state index in [1.807, 2.05) is 0 Å². The molecule has 1 amide bonds. The van der Waals surface area contributed by atoms with Gasteiger partial charge in [0.25, 0.3) is 0 Å². The van der Waals surface area contributed by atoms with Gasteiger partial charge in [0.2, 0.25) is 5.91 Å². The van der Waals surface area contributed by atoms with Crippen molar-refractivity contribution in [2.45, 2.75) is 12.0 Å². The molecule has 126 valence electrons. The van der Waals surface area contributed by atoms with Crippen molar-refractivity contribution in [2.75, 3.05) is 14.2 Å². The Kier molecular flexibility index (Phi) is 5.21. The molecule has 0 aromatic heterocycles. The maximum absolute atomic E-state index is 13.0. The lowest BCUT2D eigenvalue weighted by Crippen LogP contribution is -2.47. The van der Waals surface area contributed by atoms with Crippen molar-refractivity contribution in [2.24, 2.45) is 11.5 Å². The molecule has 2 aromatic carbocycles. The highest BCUT2D eigenvalue weighted by molar-refractivity contribution is 6.05. The molecule has 0 aliphatic heterocycles. The summed E-state index contributed by atoms with van der Waals surface area (Å²) in [4.78, 5) is 24.5. The molecule has 0 saturated heterocycles. The normalized spacial score (nSPS) is 13.0. The summed E-state index contributed by atoms with van der Waals surface area (Å²) in [6, 6.07) is 13.4. The second-order valence-corrected chi connectivity index (χ2v) is 5.38. The highest BCUT2D eigenvalue weighted by Gasteiger charge is 2.38. The predicted octanol–water partition coefficient (Wildman–Crippen LogP) is 1.62. The van der Waals surface area contributed by atoms with E-state index in [1.165, 1.54) is 14.2 Å². The van der Waals surface area contributed by atoms with E-state index >= 15 is 0 Å². The Bertz CT molecular complexity index is 746. The van der Waals surface area contributed by atoms with Crippen LogP contribution in [0.4, 0.5) is 0 Å². The molecule has 24 heavy (non-hydrogen) atoms. The lowest BCUT2D eigenvalue weighted by molar-refractivity contribution is -0.119. The average Bonchev–Trinajstić information content (AvgIpc) is 2.60. The molecule has 0 saturated carbocycles. The maximum Gasteiger partial charge on any atom is 0.220 e. The topological polar surface area (TPSA) is 105 Å². The van der Waals surface area contributed by atoms with Crippen molar-refractivity contribution >= 4 is 11.7 Å². The van der Waals surface area contributed by atoms with Crippen LogP contribution >= 0.6 is 0 Å². The molecular weight excluding hydrogens is 308 g/mol. The highest BCUT2D eigenvalue weighted by atomic mass is 16.5. The fraction of sp³-hybridized carbons (Fsp3) is 0.222. The SMILES string of the molecule is COc1ccc(C(N)(CC(N)=O)C(=O)c2ccccc2)cc1OC. The van der Waals surface area contributed by atoms with Crippen LogP contribution in [0.2, 0.25) is 0 Å². The van der Waals surface area contributed by atoms with Crippen LogP contribution in [-0.2, 0) is 10.3 Å². The van der Waals surface area contributed by atoms with Crippen LogP contribution in [0.15, 0.2) is 48.5 Å². The average molecular weight is 328 g/mol. The monoisotopic (exact) mass is 328 g/mol. The van der Waals surface area contributed by atoms with Crippen LogP contribution < -0.4 is 20.9 Å². The van der Waals surface area contributed by atoms with Gasteiger partial charge in [0.05, 0.1) is 20.6 Å². The summed E-state index contributed by atoms with van der Waals surface area (Å²) < 4.78 is 10.4. The number of carbonyl (C=O) groups excluding carboxylic acids is 2. The summed E-state index contributed by atoms with van der Waals surface area (Å²) in [5.41, 5.74) is 10.9. The zero-order valence-corrected chi connectivity index (χ0v) is 13.6. The molecule has 4 N–H and O–H groups in total. The standard InChI is InChI=1S/C18H20N2O4/c1-23-14-9-8-13(10-15(14)24-2)18(20,11-16(19)21)17(22)12-6-4-3-5-7-12/h3-10H,11,20H2,1-2H3,(H2,19,21). The van der Waals surface area contributed by atoms with E-state index in [-0.39, 0.29) is 6.42 Å². The van der Waals surface area contributed by atoms with Crippen LogP contribution in [0.5, 0.6) is 11.5 Å². The first-order valence-electron chi connectivity index (χ1n) is 7.32. The Labute approximate surface area is 140 Å². The van der Waals surface area contributed by atoms with Crippen LogP contribution in [0.1, 0.15) is 22.3 Å². The Balaban J connectivity index is 2.56. The molecule has 6 heteroatoms. The van der Waals surface area contributed by atoms with Gasteiger partial charge in [-0.3, -0.25) is 9.59 Å². The largest absolute Gasteiger partial charge is 0.493 e. The summed E-state index contributed by atoms with van der Waals surface area (Å²) in [6.45, 7) is 0. The predicted molar refractivity (Wildman–Crippen MR) is 90.0 cm³/mol. The number of nitrogens with two attached hydrogens (primary N) is 2. The van der Waals surface area contributed by atoms with E-state index in [1.54, 1.807) is 48.5 Å². The molecule has 0 fully saturated rings. The van der Waals surface area contributed by atoms with E-state index in [0.717, 1.165) is 0 Å². The molecule has 6 nitrogen and oxygen atoms in total. The number of ether oxygens (including phenoxy) is 2. The Morgan fingerprint density at radius 1 is 1.00 bits per heavy atom. The summed E-state index contributed by atoms with van der Waals surface area (Å²) in [5, 5.41) is 0. The van der Waals surface area contributed by atoms with Gasteiger partial charge in [-0.1, -0.05) is 36.4 Å². The van der Waals surface area contributed by atoms with Gasteiger partial charge in [0.15, 0.2) is 17.3 Å². The molecule has 2 rings (SSSR count). The van der Waals surface area contributed by atoms with Crippen molar-refractivity contribution < 1.29 is 19.1 Å². The summed E-state index contributed by atoms with van der Waals surface area (Å²) in [5.74, 6) is -0.157. The van der Waals surface area contributed by atoms with Gasteiger partial charge in [-0.15, -0.1) is 0 Å². The number of primary amides is 1. The molecule has 0 aliphatic carbocycles. The van der Waals surface area contributed by atoms with Crippen LogP contribution in [0.25, 0.3) is 0 Å².